The van der Waals surface area contributed by atoms with Crippen LogP contribution < -0.4 is 10.6 Å². The average Bonchev–Trinajstić information content (AvgIpc) is 2.16. The summed E-state index contributed by atoms with van der Waals surface area (Å²) in [7, 11) is 0. The Morgan fingerprint density at radius 2 is 2.00 bits per heavy atom. The highest BCUT2D eigenvalue weighted by Crippen LogP contribution is 2.03. The Morgan fingerprint density at radius 3 is 2.62 bits per heavy atom. The molecule has 0 amide bonds. The Bertz CT molecular complexity index is 264. The number of nitrogens with one attached hydrogen (secondary N) is 2. The van der Waals surface area contributed by atoms with E-state index < -0.39 is 0 Å². The van der Waals surface area contributed by atoms with Gasteiger partial charge >= 0.3 is 0 Å². The summed E-state index contributed by atoms with van der Waals surface area (Å²) in [6, 6.07) is 9.64. The van der Waals surface area contributed by atoms with Crippen molar-refractivity contribution in [2.75, 3.05) is 18.5 Å². The maximum Gasteiger partial charge on any atom is 0.170 e. The van der Waals surface area contributed by atoms with Gasteiger partial charge in [0, 0.05) is 12.2 Å². The van der Waals surface area contributed by atoms with Gasteiger partial charge in [-0.1, -0.05) is 18.2 Å². The van der Waals surface area contributed by atoms with Gasteiger partial charge in [-0.15, -0.1) is 0 Å². The molecule has 1 aromatic rings. The second-order valence-electron chi connectivity index (χ2n) is 2.47. The quantitative estimate of drug-likeness (QED) is 0.630. The minimum Gasteiger partial charge on any atom is -0.395 e. The lowest BCUT2D eigenvalue weighted by molar-refractivity contribution is 0.301. The normalized spacial score (nSPS) is 9.31. The highest BCUT2D eigenvalue weighted by Gasteiger charge is 1.93. The van der Waals surface area contributed by atoms with Gasteiger partial charge in [0.15, 0.2) is 5.11 Å². The van der Waals surface area contributed by atoms with E-state index in [0.717, 1.165) is 5.69 Å². The smallest absolute Gasteiger partial charge is 0.170 e. The van der Waals surface area contributed by atoms with Gasteiger partial charge in [0.1, 0.15) is 0 Å². The molecule has 0 atom stereocenters. The van der Waals surface area contributed by atoms with E-state index >= 15 is 0 Å². The molecule has 0 heterocycles. The van der Waals surface area contributed by atoms with Gasteiger partial charge in [-0.3, -0.25) is 0 Å². The lowest BCUT2D eigenvalue weighted by Crippen LogP contribution is -2.30. The van der Waals surface area contributed by atoms with Crippen molar-refractivity contribution >= 4 is 23.0 Å². The molecule has 0 aliphatic rings. The zero-order valence-electron chi connectivity index (χ0n) is 7.16. The van der Waals surface area contributed by atoms with E-state index in [-0.39, 0.29) is 6.61 Å². The van der Waals surface area contributed by atoms with Crippen molar-refractivity contribution < 1.29 is 5.11 Å². The van der Waals surface area contributed by atoms with Crippen molar-refractivity contribution in [3.05, 3.63) is 30.3 Å². The third-order valence-electron chi connectivity index (χ3n) is 1.43. The number of aliphatic hydroxyl groups excluding tert-OH is 1. The number of rotatable bonds is 3. The summed E-state index contributed by atoms with van der Waals surface area (Å²) < 4.78 is 0. The first-order valence-electron chi connectivity index (χ1n) is 4.03. The number of benzene rings is 1. The lowest BCUT2D eigenvalue weighted by atomic mass is 10.3. The number of hydrogen-bond acceptors (Lipinski definition) is 2. The van der Waals surface area contributed by atoms with E-state index in [9.17, 15) is 0 Å². The molecule has 3 nitrogen and oxygen atoms in total. The summed E-state index contributed by atoms with van der Waals surface area (Å²) >= 11 is 4.97. The Balaban J connectivity index is 2.37. The molecule has 0 fully saturated rings. The fourth-order valence-electron chi connectivity index (χ4n) is 0.866. The summed E-state index contributed by atoms with van der Waals surface area (Å²) in [6.07, 6.45) is 0. The van der Waals surface area contributed by atoms with Crippen molar-refractivity contribution in [2.45, 2.75) is 0 Å². The second-order valence-corrected chi connectivity index (χ2v) is 2.88. The number of aliphatic hydroxyl groups is 1. The van der Waals surface area contributed by atoms with Gasteiger partial charge in [-0.2, -0.15) is 0 Å². The van der Waals surface area contributed by atoms with E-state index in [4.69, 9.17) is 17.3 Å². The molecular weight excluding hydrogens is 184 g/mol. The van der Waals surface area contributed by atoms with Gasteiger partial charge in [-0.05, 0) is 24.4 Å². The third kappa shape index (κ3) is 3.87. The first kappa shape index (κ1) is 9.95. The molecule has 0 aromatic heterocycles. The zero-order valence-corrected chi connectivity index (χ0v) is 7.97. The van der Waals surface area contributed by atoms with Crippen LogP contribution in [0.4, 0.5) is 5.69 Å². The second kappa shape index (κ2) is 5.50. The topological polar surface area (TPSA) is 44.3 Å². The van der Waals surface area contributed by atoms with Crippen LogP contribution in [0.2, 0.25) is 0 Å². The Morgan fingerprint density at radius 1 is 1.31 bits per heavy atom. The van der Waals surface area contributed by atoms with Crippen LogP contribution in [-0.2, 0) is 0 Å². The molecule has 13 heavy (non-hydrogen) atoms. The monoisotopic (exact) mass is 196 g/mol. The maximum atomic E-state index is 8.53. The number of anilines is 1. The van der Waals surface area contributed by atoms with Gasteiger partial charge in [0.25, 0.3) is 0 Å². The predicted molar refractivity (Wildman–Crippen MR) is 57.8 cm³/mol. The number of para-hydroxylation sites is 1. The van der Waals surface area contributed by atoms with E-state index in [1.807, 2.05) is 30.3 Å². The van der Waals surface area contributed by atoms with Gasteiger partial charge in [0.05, 0.1) is 6.61 Å². The largest absolute Gasteiger partial charge is 0.395 e. The number of hydrogen-bond donors (Lipinski definition) is 3. The zero-order chi connectivity index (χ0) is 9.52. The van der Waals surface area contributed by atoms with Crippen molar-refractivity contribution in [2.24, 2.45) is 0 Å². The molecule has 3 N–H and O–H groups in total. The summed E-state index contributed by atoms with van der Waals surface area (Å²) in [5.41, 5.74) is 0.943. The summed E-state index contributed by atoms with van der Waals surface area (Å²) in [5.74, 6) is 0. The van der Waals surface area contributed by atoms with E-state index in [0.29, 0.717) is 11.7 Å². The van der Waals surface area contributed by atoms with Gasteiger partial charge in [-0.25, -0.2) is 0 Å². The molecule has 4 heteroatoms. The predicted octanol–water partition coefficient (Wildman–Crippen LogP) is 0.965. The molecule has 1 aromatic carbocycles. The molecule has 0 saturated heterocycles. The summed E-state index contributed by atoms with van der Waals surface area (Å²) in [4.78, 5) is 0. The SMILES string of the molecule is OCCNC(=S)Nc1ccccc1. The van der Waals surface area contributed by atoms with Crippen LogP contribution in [0.1, 0.15) is 0 Å². The molecule has 0 spiro atoms. The van der Waals surface area contributed by atoms with Gasteiger partial charge in [0.2, 0.25) is 0 Å². The van der Waals surface area contributed by atoms with E-state index in [1.54, 1.807) is 0 Å². The van der Waals surface area contributed by atoms with Crippen LogP contribution in [0.5, 0.6) is 0 Å². The highest BCUT2D eigenvalue weighted by molar-refractivity contribution is 7.80. The maximum absolute atomic E-state index is 8.53. The third-order valence-corrected chi connectivity index (χ3v) is 1.68. The highest BCUT2D eigenvalue weighted by atomic mass is 32.1. The van der Waals surface area contributed by atoms with Crippen molar-refractivity contribution in [3.63, 3.8) is 0 Å². The summed E-state index contributed by atoms with van der Waals surface area (Å²) in [5, 5.41) is 14.9. The van der Waals surface area contributed by atoms with Crippen LogP contribution in [0.3, 0.4) is 0 Å². The minimum absolute atomic E-state index is 0.0800. The van der Waals surface area contributed by atoms with Crippen molar-refractivity contribution in [1.29, 1.82) is 0 Å². The molecule has 0 unspecified atom stereocenters. The van der Waals surface area contributed by atoms with Gasteiger partial charge < -0.3 is 15.7 Å². The Labute approximate surface area is 82.8 Å². The molecule has 0 aliphatic carbocycles. The average molecular weight is 196 g/mol. The van der Waals surface area contributed by atoms with E-state index in [2.05, 4.69) is 10.6 Å². The standard InChI is InChI=1S/C9H12N2OS/c12-7-6-10-9(13)11-8-4-2-1-3-5-8/h1-5,12H,6-7H2,(H2,10,11,13). The fraction of sp³-hybridized carbons (Fsp3) is 0.222. The molecule has 0 radical (unpaired) electrons. The van der Waals surface area contributed by atoms with Crippen LogP contribution in [0.15, 0.2) is 30.3 Å². The first-order chi connectivity index (χ1) is 6.33. The number of thiocarbonyl (C=S) groups is 1. The molecular formula is C9H12N2OS. The fourth-order valence-corrected chi connectivity index (χ4v) is 1.09. The Hall–Kier alpha value is -1.13. The first-order valence-corrected chi connectivity index (χ1v) is 4.44. The molecule has 70 valence electrons. The van der Waals surface area contributed by atoms with Crippen LogP contribution in [-0.4, -0.2) is 23.4 Å². The van der Waals surface area contributed by atoms with E-state index in [1.165, 1.54) is 0 Å². The molecule has 1 rings (SSSR count). The van der Waals surface area contributed by atoms with Crippen molar-refractivity contribution in [1.82, 2.24) is 5.32 Å². The molecule has 0 saturated carbocycles. The van der Waals surface area contributed by atoms with Crippen LogP contribution in [0.25, 0.3) is 0 Å². The molecule has 0 bridgehead atoms. The summed E-state index contributed by atoms with van der Waals surface area (Å²) in [6.45, 7) is 0.551. The minimum atomic E-state index is 0.0800. The van der Waals surface area contributed by atoms with Crippen LogP contribution in [0, 0.1) is 0 Å². The molecule has 0 aliphatic heterocycles. The van der Waals surface area contributed by atoms with Crippen LogP contribution >= 0.6 is 12.2 Å². The van der Waals surface area contributed by atoms with Crippen molar-refractivity contribution in [3.8, 4) is 0 Å². The lowest BCUT2D eigenvalue weighted by Gasteiger charge is -2.08. The Kier molecular flexibility index (Phi) is 4.21.